The maximum absolute atomic E-state index is 13.4. The summed E-state index contributed by atoms with van der Waals surface area (Å²) in [4.78, 5) is 0. The molecule has 2 aromatic carbocycles. The van der Waals surface area contributed by atoms with Crippen LogP contribution in [0.3, 0.4) is 0 Å². The van der Waals surface area contributed by atoms with E-state index in [1.54, 1.807) is 25.1 Å². The van der Waals surface area contributed by atoms with Crippen molar-refractivity contribution in [3.05, 3.63) is 58.6 Å². The molecule has 0 saturated heterocycles. The van der Waals surface area contributed by atoms with E-state index in [0.29, 0.717) is 10.8 Å². The summed E-state index contributed by atoms with van der Waals surface area (Å²) in [5.74, 6) is -1.13. The summed E-state index contributed by atoms with van der Waals surface area (Å²) in [6, 6.07) is 7.78. The fourth-order valence-corrected chi connectivity index (χ4v) is 1.97. The first-order chi connectivity index (χ1) is 8.97. The van der Waals surface area contributed by atoms with E-state index in [0.717, 1.165) is 17.7 Å². The summed E-state index contributed by atoms with van der Waals surface area (Å²) in [6.07, 6.45) is 0. The highest BCUT2D eigenvalue weighted by Gasteiger charge is 2.09. The van der Waals surface area contributed by atoms with Crippen LogP contribution in [0.25, 0.3) is 0 Å². The van der Waals surface area contributed by atoms with Crippen LogP contribution < -0.4 is 10.5 Å². The average Bonchev–Trinajstić information content (AvgIpc) is 2.32. The zero-order valence-electron chi connectivity index (χ0n) is 10.2. The Hall–Kier alpha value is -1.65. The van der Waals surface area contributed by atoms with Crippen molar-refractivity contribution < 1.29 is 13.5 Å². The molecule has 19 heavy (non-hydrogen) atoms. The molecule has 0 heterocycles. The fourth-order valence-electron chi connectivity index (χ4n) is 1.63. The van der Waals surface area contributed by atoms with Crippen LogP contribution in [0.4, 0.5) is 8.78 Å². The van der Waals surface area contributed by atoms with Crippen molar-refractivity contribution in [2.75, 3.05) is 0 Å². The molecule has 2 rings (SSSR count). The highest BCUT2D eigenvalue weighted by atomic mass is 35.5. The van der Waals surface area contributed by atoms with Crippen molar-refractivity contribution in [3.63, 3.8) is 0 Å². The SMILES string of the molecule is CC(N)c1ccc(Oc2ccc(F)cc2F)cc1Cl. The maximum atomic E-state index is 13.4. The first-order valence-electron chi connectivity index (χ1n) is 5.65. The minimum Gasteiger partial charge on any atom is -0.454 e. The van der Waals surface area contributed by atoms with Gasteiger partial charge in [0.05, 0.1) is 0 Å². The maximum Gasteiger partial charge on any atom is 0.168 e. The minimum atomic E-state index is -0.771. The molecule has 1 atom stereocenters. The van der Waals surface area contributed by atoms with Crippen LogP contribution in [0.15, 0.2) is 36.4 Å². The topological polar surface area (TPSA) is 35.2 Å². The van der Waals surface area contributed by atoms with Crippen LogP contribution in [-0.4, -0.2) is 0 Å². The van der Waals surface area contributed by atoms with E-state index >= 15 is 0 Å². The summed E-state index contributed by atoms with van der Waals surface area (Å²) in [5, 5.41) is 0.440. The Morgan fingerprint density at radius 1 is 1.16 bits per heavy atom. The molecule has 0 spiro atoms. The number of hydrogen-bond acceptors (Lipinski definition) is 2. The number of rotatable bonds is 3. The van der Waals surface area contributed by atoms with Crippen LogP contribution in [0.1, 0.15) is 18.5 Å². The second-order valence-corrected chi connectivity index (χ2v) is 4.56. The van der Waals surface area contributed by atoms with Gasteiger partial charge in [0.25, 0.3) is 0 Å². The molecule has 2 aromatic rings. The zero-order chi connectivity index (χ0) is 14.0. The molecule has 2 N–H and O–H groups in total. The van der Waals surface area contributed by atoms with Crippen molar-refractivity contribution in [2.24, 2.45) is 5.73 Å². The number of ether oxygens (including phenoxy) is 1. The van der Waals surface area contributed by atoms with E-state index in [2.05, 4.69) is 0 Å². The Morgan fingerprint density at radius 3 is 2.47 bits per heavy atom. The largest absolute Gasteiger partial charge is 0.454 e. The lowest BCUT2D eigenvalue weighted by Gasteiger charge is -2.11. The van der Waals surface area contributed by atoms with Crippen molar-refractivity contribution in [2.45, 2.75) is 13.0 Å². The van der Waals surface area contributed by atoms with Crippen LogP contribution in [0, 0.1) is 11.6 Å². The minimum absolute atomic E-state index is 0.0639. The highest BCUT2D eigenvalue weighted by Crippen LogP contribution is 2.30. The van der Waals surface area contributed by atoms with E-state index in [-0.39, 0.29) is 11.8 Å². The van der Waals surface area contributed by atoms with Gasteiger partial charge in [-0.1, -0.05) is 17.7 Å². The highest BCUT2D eigenvalue weighted by molar-refractivity contribution is 6.31. The molecule has 0 aliphatic carbocycles. The zero-order valence-corrected chi connectivity index (χ0v) is 10.9. The molecule has 1 unspecified atom stereocenters. The quantitative estimate of drug-likeness (QED) is 0.904. The van der Waals surface area contributed by atoms with Crippen molar-refractivity contribution in [1.82, 2.24) is 0 Å². The van der Waals surface area contributed by atoms with Crippen molar-refractivity contribution in [3.8, 4) is 11.5 Å². The van der Waals surface area contributed by atoms with E-state index in [9.17, 15) is 8.78 Å². The Kier molecular flexibility index (Phi) is 4.02. The monoisotopic (exact) mass is 283 g/mol. The smallest absolute Gasteiger partial charge is 0.168 e. The molecule has 0 amide bonds. The predicted molar refractivity (Wildman–Crippen MR) is 70.5 cm³/mol. The number of nitrogens with two attached hydrogens (primary N) is 1. The summed E-state index contributed by atoms with van der Waals surface area (Å²) in [6.45, 7) is 1.81. The van der Waals surface area contributed by atoms with E-state index < -0.39 is 11.6 Å². The Morgan fingerprint density at radius 2 is 1.89 bits per heavy atom. The van der Waals surface area contributed by atoms with Gasteiger partial charge in [0.1, 0.15) is 11.6 Å². The first-order valence-corrected chi connectivity index (χ1v) is 6.03. The molecular formula is C14H12ClF2NO. The van der Waals surface area contributed by atoms with Gasteiger partial charge in [-0.05, 0) is 36.8 Å². The molecule has 100 valence electrons. The summed E-state index contributed by atoms with van der Waals surface area (Å²) >= 11 is 6.04. The lowest BCUT2D eigenvalue weighted by molar-refractivity contribution is 0.437. The summed E-state index contributed by atoms with van der Waals surface area (Å²) in [7, 11) is 0. The van der Waals surface area contributed by atoms with Gasteiger partial charge in [0, 0.05) is 17.1 Å². The molecule has 5 heteroatoms. The summed E-state index contributed by atoms with van der Waals surface area (Å²) in [5.41, 5.74) is 6.50. The lowest BCUT2D eigenvalue weighted by atomic mass is 10.1. The van der Waals surface area contributed by atoms with Crippen molar-refractivity contribution in [1.29, 1.82) is 0 Å². The van der Waals surface area contributed by atoms with E-state index in [1.807, 2.05) is 0 Å². The Balaban J connectivity index is 2.26. The van der Waals surface area contributed by atoms with Gasteiger partial charge in [0.2, 0.25) is 0 Å². The van der Waals surface area contributed by atoms with E-state index in [4.69, 9.17) is 22.1 Å². The van der Waals surface area contributed by atoms with Crippen LogP contribution >= 0.6 is 11.6 Å². The Labute approximate surface area is 114 Å². The lowest BCUT2D eigenvalue weighted by Crippen LogP contribution is -2.05. The molecule has 0 aliphatic heterocycles. The number of hydrogen-bond donors (Lipinski definition) is 1. The third-order valence-corrected chi connectivity index (χ3v) is 2.91. The van der Waals surface area contributed by atoms with Crippen LogP contribution in [-0.2, 0) is 0 Å². The molecule has 0 radical (unpaired) electrons. The molecule has 0 aliphatic rings. The molecule has 0 fully saturated rings. The van der Waals surface area contributed by atoms with Gasteiger partial charge in [0.15, 0.2) is 11.6 Å². The number of halogens is 3. The van der Waals surface area contributed by atoms with Gasteiger partial charge in [-0.2, -0.15) is 0 Å². The second kappa shape index (κ2) is 5.55. The fraction of sp³-hybridized carbons (Fsp3) is 0.143. The summed E-state index contributed by atoms with van der Waals surface area (Å²) < 4.78 is 31.5. The predicted octanol–water partition coefficient (Wildman–Crippen LogP) is 4.43. The average molecular weight is 284 g/mol. The molecule has 0 aromatic heterocycles. The van der Waals surface area contributed by atoms with Crippen LogP contribution in [0.5, 0.6) is 11.5 Å². The van der Waals surface area contributed by atoms with Gasteiger partial charge in [-0.25, -0.2) is 8.78 Å². The standard InChI is InChI=1S/C14H12ClF2NO/c1-8(18)11-4-3-10(7-12(11)15)19-14-5-2-9(16)6-13(14)17/h2-8H,18H2,1H3. The van der Waals surface area contributed by atoms with Crippen molar-refractivity contribution >= 4 is 11.6 Å². The molecule has 0 saturated carbocycles. The Bertz CT molecular complexity index is 602. The van der Waals surface area contributed by atoms with Gasteiger partial charge < -0.3 is 10.5 Å². The van der Waals surface area contributed by atoms with Gasteiger partial charge >= 0.3 is 0 Å². The van der Waals surface area contributed by atoms with Gasteiger partial charge in [-0.3, -0.25) is 0 Å². The molecule has 2 nitrogen and oxygen atoms in total. The third-order valence-electron chi connectivity index (χ3n) is 2.58. The molecule has 0 bridgehead atoms. The van der Waals surface area contributed by atoms with Crippen LogP contribution in [0.2, 0.25) is 5.02 Å². The van der Waals surface area contributed by atoms with Gasteiger partial charge in [-0.15, -0.1) is 0 Å². The molecular weight excluding hydrogens is 272 g/mol. The van der Waals surface area contributed by atoms with E-state index in [1.165, 1.54) is 6.07 Å². The second-order valence-electron chi connectivity index (χ2n) is 4.15. The third kappa shape index (κ3) is 3.22. The normalized spacial score (nSPS) is 12.3. The first kappa shape index (κ1) is 13.8. The number of benzene rings is 2.